The van der Waals surface area contributed by atoms with Gasteiger partial charge in [0.15, 0.2) is 0 Å². The number of carbonyl (C=O) groups is 2. The van der Waals surface area contributed by atoms with Crippen molar-refractivity contribution in [3.8, 4) is 5.75 Å². The van der Waals surface area contributed by atoms with Crippen LogP contribution in [0.25, 0.3) is 0 Å². The lowest BCUT2D eigenvalue weighted by Crippen LogP contribution is -2.52. The molecule has 8 nitrogen and oxygen atoms in total. The van der Waals surface area contributed by atoms with Gasteiger partial charge < -0.3 is 23.8 Å². The van der Waals surface area contributed by atoms with Gasteiger partial charge in [0.1, 0.15) is 11.6 Å². The summed E-state index contributed by atoms with van der Waals surface area (Å²) in [4.78, 5) is 29.8. The lowest BCUT2D eigenvalue weighted by molar-refractivity contribution is -0.139. The minimum Gasteiger partial charge on any atom is -0.493 e. The van der Waals surface area contributed by atoms with Crippen LogP contribution < -0.4 is 4.74 Å². The SMILES string of the molecule is CCc1cc(C(=O)N2CCC[C@@](COc3ccc(F)cc3)(CC(=O)N3CCOCC3)C2)on1. The summed E-state index contributed by atoms with van der Waals surface area (Å²) in [5.41, 5.74) is 0.162. The molecule has 9 heteroatoms. The van der Waals surface area contributed by atoms with Crippen LogP contribution in [0, 0.1) is 11.2 Å². The van der Waals surface area contributed by atoms with Gasteiger partial charge in [0.25, 0.3) is 5.91 Å². The van der Waals surface area contributed by atoms with Crippen LogP contribution in [-0.2, 0) is 16.0 Å². The molecule has 33 heavy (non-hydrogen) atoms. The normalized spacial score (nSPS) is 21.2. The van der Waals surface area contributed by atoms with Gasteiger partial charge in [-0.05, 0) is 43.5 Å². The molecule has 2 aliphatic rings. The van der Waals surface area contributed by atoms with Crippen molar-refractivity contribution >= 4 is 11.8 Å². The standard InChI is InChI=1S/C24H30FN3O5/c1-2-19-14-21(33-26-19)23(30)28-9-3-8-24(16-28,15-22(29)27-10-12-31-13-11-27)17-32-20-6-4-18(25)5-7-20/h4-7,14H,2-3,8-13,15-17H2,1H3/t24-/m1/s1. The molecule has 0 unspecified atom stereocenters. The zero-order valence-electron chi connectivity index (χ0n) is 18.9. The van der Waals surface area contributed by atoms with Crippen molar-refractivity contribution in [1.82, 2.24) is 15.0 Å². The second kappa shape index (κ2) is 10.3. The molecule has 0 bridgehead atoms. The summed E-state index contributed by atoms with van der Waals surface area (Å²) in [6, 6.07) is 7.49. The molecule has 4 rings (SSSR count). The fourth-order valence-electron chi connectivity index (χ4n) is 4.44. The van der Waals surface area contributed by atoms with E-state index >= 15 is 0 Å². The summed E-state index contributed by atoms with van der Waals surface area (Å²) in [7, 11) is 0. The first-order chi connectivity index (χ1) is 16.0. The Kier molecular flexibility index (Phi) is 7.27. The Labute approximate surface area is 192 Å². The molecular formula is C24H30FN3O5. The smallest absolute Gasteiger partial charge is 0.292 e. The highest BCUT2D eigenvalue weighted by Gasteiger charge is 2.41. The van der Waals surface area contributed by atoms with Crippen LogP contribution in [0.15, 0.2) is 34.9 Å². The number of halogens is 1. The van der Waals surface area contributed by atoms with Gasteiger partial charge in [-0.3, -0.25) is 9.59 Å². The monoisotopic (exact) mass is 459 g/mol. The average Bonchev–Trinajstić information content (AvgIpc) is 3.33. The number of hydrogen-bond acceptors (Lipinski definition) is 6. The Morgan fingerprint density at radius 3 is 2.61 bits per heavy atom. The van der Waals surface area contributed by atoms with Crippen LogP contribution in [0.1, 0.15) is 42.4 Å². The van der Waals surface area contributed by atoms with Crippen molar-refractivity contribution in [2.75, 3.05) is 46.0 Å². The van der Waals surface area contributed by atoms with Crippen LogP contribution in [-0.4, -0.2) is 72.8 Å². The number of morpholine rings is 1. The molecular weight excluding hydrogens is 429 g/mol. The third-order valence-corrected chi connectivity index (χ3v) is 6.33. The Morgan fingerprint density at radius 1 is 1.15 bits per heavy atom. The van der Waals surface area contributed by atoms with E-state index in [1.165, 1.54) is 12.1 Å². The summed E-state index contributed by atoms with van der Waals surface area (Å²) in [6.45, 7) is 5.32. The second-order valence-electron chi connectivity index (χ2n) is 8.78. The summed E-state index contributed by atoms with van der Waals surface area (Å²) in [6.07, 6.45) is 2.42. The maximum absolute atomic E-state index is 13.3. The summed E-state index contributed by atoms with van der Waals surface area (Å²) in [5.74, 6) is 0.199. The van der Waals surface area contributed by atoms with E-state index in [1.54, 1.807) is 23.1 Å². The van der Waals surface area contributed by atoms with Gasteiger partial charge in [-0.15, -0.1) is 0 Å². The van der Waals surface area contributed by atoms with Crippen molar-refractivity contribution in [3.05, 3.63) is 47.6 Å². The van der Waals surface area contributed by atoms with E-state index in [0.717, 1.165) is 18.5 Å². The number of ether oxygens (including phenoxy) is 2. The number of rotatable bonds is 7. The van der Waals surface area contributed by atoms with E-state index in [-0.39, 0.29) is 36.4 Å². The minimum atomic E-state index is -0.564. The number of aromatic nitrogens is 1. The third kappa shape index (κ3) is 5.71. The van der Waals surface area contributed by atoms with Gasteiger partial charge >= 0.3 is 0 Å². The molecule has 0 N–H and O–H groups in total. The molecule has 2 saturated heterocycles. The van der Waals surface area contributed by atoms with Gasteiger partial charge in [-0.1, -0.05) is 12.1 Å². The van der Waals surface area contributed by atoms with Crippen LogP contribution in [0.4, 0.5) is 4.39 Å². The lowest BCUT2D eigenvalue weighted by atomic mass is 9.77. The first kappa shape index (κ1) is 23.2. The number of piperidine rings is 1. The average molecular weight is 460 g/mol. The molecule has 1 aromatic carbocycles. The van der Waals surface area contributed by atoms with Crippen LogP contribution in [0.5, 0.6) is 5.75 Å². The van der Waals surface area contributed by atoms with Crippen molar-refractivity contribution in [2.45, 2.75) is 32.6 Å². The first-order valence-electron chi connectivity index (χ1n) is 11.5. The predicted octanol–water partition coefficient (Wildman–Crippen LogP) is 2.93. The van der Waals surface area contributed by atoms with Crippen molar-refractivity contribution in [1.29, 1.82) is 0 Å². The first-order valence-corrected chi connectivity index (χ1v) is 11.5. The van der Waals surface area contributed by atoms with E-state index in [4.69, 9.17) is 14.0 Å². The Hall–Kier alpha value is -2.94. The molecule has 2 aromatic rings. The fraction of sp³-hybridized carbons (Fsp3) is 0.542. The van der Waals surface area contributed by atoms with E-state index < -0.39 is 5.41 Å². The summed E-state index contributed by atoms with van der Waals surface area (Å²) >= 11 is 0. The van der Waals surface area contributed by atoms with Gasteiger partial charge in [0.2, 0.25) is 11.7 Å². The molecule has 2 fully saturated rings. The predicted molar refractivity (Wildman–Crippen MR) is 117 cm³/mol. The molecule has 2 aliphatic heterocycles. The van der Waals surface area contributed by atoms with Crippen molar-refractivity contribution < 1.29 is 28.0 Å². The number of amides is 2. The maximum atomic E-state index is 13.3. The highest BCUT2D eigenvalue weighted by Crippen LogP contribution is 2.36. The molecule has 0 aliphatic carbocycles. The molecule has 3 heterocycles. The van der Waals surface area contributed by atoms with Crippen LogP contribution in [0.3, 0.4) is 0 Å². The van der Waals surface area contributed by atoms with Crippen LogP contribution >= 0.6 is 0 Å². The lowest BCUT2D eigenvalue weighted by Gasteiger charge is -2.43. The van der Waals surface area contributed by atoms with Crippen molar-refractivity contribution in [2.24, 2.45) is 5.41 Å². The van der Waals surface area contributed by atoms with E-state index in [2.05, 4.69) is 5.16 Å². The van der Waals surface area contributed by atoms with Gasteiger partial charge in [-0.25, -0.2) is 4.39 Å². The number of likely N-dealkylation sites (tertiary alicyclic amines) is 1. The highest BCUT2D eigenvalue weighted by atomic mass is 19.1. The number of hydrogen-bond donors (Lipinski definition) is 0. The topological polar surface area (TPSA) is 85.1 Å². The summed E-state index contributed by atoms with van der Waals surface area (Å²) in [5, 5.41) is 3.93. The molecule has 1 atom stereocenters. The number of carbonyl (C=O) groups excluding carboxylic acids is 2. The van der Waals surface area contributed by atoms with E-state index in [9.17, 15) is 14.0 Å². The Bertz CT molecular complexity index is 957. The Morgan fingerprint density at radius 2 is 1.91 bits per heavy atom. The van der Waals surface area contributed by atoms with Crippen LogP contribution in [0.2, 0.25) is 0 Å². The molecule has 178 valence electrons. The number of aryl methyl sites for hydroxylation is 1. The van der Waals surface area contributed by atoms with Gasteiger partial charge in [0.05, 0.1) is 25.5 Å². The quantitative estimate of drug-likeness (QED) is 0.633. The Balaban J connectivity index is 1.51. The molecule has 0 radical (unpaired) electrons. The third-order valence-electron chi connectivity index (χ3n) is 6.33. The zero-order valence-corrected chi connectivity index (χ0v) is 18.9. The molecule has 0 saturated carbocycles. The van der Waals surface area contributed by atoms with Gasteiger partial charge in [-0.2, -0.15) is 0 Å². The number of nitrogens with zero attached hydrogens (tertiary/aromatic N) is 3. The maximum Gasteiger partial charge on any atom is 0.292 e. The fourth-order valence-corrected chi connectivity index (χ4v) is 4.44. The molecule has 1 aromatic heterocycles. The number of benzene rings is 1. The van der Waals surface area contributed by atoms with Gasteiger partial charge in [0, 0.05) is 44.1 Å². The zero-order chi connectivity index (χ0) is 23.3. The second-order valence-corrected chi connectivity index (χ2v) is 8.78. The highest BCUT2D eigenvalue weighted by molar-refractivity contribution is 5.91. The largest absolute Gasteiger partial charge is 0.493 e. The summed E-state index contributed by atoms with van der Waals surface area (Å²) < 4.78 is 29.9. The minimum absolute atomic E-state index is 0.0308. The van der Waals surface area contributed by atoms with Crippen molar-refractivity contribution in [3.63, 3.8) is 0 Å². The molecule has 2 amide bonds. The molecule has 0 spiro atoms. The van der Waals surface area contributed by atoms with E-state index in [1.807, 2.05) is 11.8 Å². The van der Waals surface area contributed by atoms with E-state index in [0.29, 0.717) is 51.6 Å².